The molecule has 104 valence electrons. The summed E-state index contributed by atoms with van der Waals surface area (Å²) in [5.74, 6) is 0.847. The van der Waals surface area contributed by atoms with Crippen molar-refractivity contribution in [3.63, 3.8) is 0 Å². The smallest absolute Gasteiger partial charge is 0.233 e. The van der Waals surface area contributed by atoms with Crippen molar-refractivity contribution in [2.75, 3.05) is 6.54 Å². The maximum absolute atomic E-state index is 12.4. The molecular weight excluding hydrogens is 260 g/mol. The predicted octanol–water partition coefficient (Wildman–Crippen LogP) is 2.17. The van der Waals surface area contributed by atoms with Crippen molar-refractivity contribution in [3.05, 3.63) is 24.2 Å². The van der Waals surface area contributed by atoms with Gasteiger partial charge in [0.25, 0.3) is 0 Å². The lowest BCUT2D eigenvalue weighted by molar-refractivity contribution is -0.128. The molecule has 1 fully saturated rings. The fourth-order valence-electron chi connectivity index (χ4n) is 2.66. The second-order valence-electron chi connectivity index (χ2n) is 5.09. The Bertz CT molecular complexity index is 436. The zero-order valence-electron chi connectivity index (χ0n) is 11.0. The summed E-state index contributed by atoms with van der Waals surface area (Å²) in [7, 11) is 0. The summed E-state index contributed by atoms with van der Waals surface area (Å²) in [6.45, 7) is 0.552. The maximum atomic E-state index is 12.4. The number of rotatable bonds is 5. The summed E-state index contributed by atoms with van der Waals surface area (Å²) in [5, 5.41) is 2.95. The Labute approximate surface area is 118 Å². The van der Waals surface area contributed by atoms with Gasteiger partial charge in [-0.2, -0.15) is 0 Å². The van der Waals surface area contributed by atoms with Crippen LogP contribution in [0.15, 0.2) is 22.8 Å². The zero-order chi connectivity index (χ0) is 13.7. The topological polar surface area (TPSA) is 68.3 Å². The number of hydrogen-bond donors (Lipinski definition) is 2. The summed E-state index contributed by atoms with van der Waals surface area (Å²) in [4.78, 5) is 12.7. The molecule has 0 bridgehead atoms. The van der Waals surface area contributed by atoms with Crippen LogP contribution in [0.4, 0.5) is 0 Å². The van der Waals surface area contributed by atoms with Crippen molar-refractivity contribution in [1.29, 1.82) is 0 Å². The van der Waals surface area contributed by atoms with Gasteiger partial charge in [-0.15, -0.1) is 0 Å². The van der Waals surface area contributed by atoms with E-state index in [2.05, 4.69) is 5.32 Å². The Hall–Kier alpha value is -1.36. The molecule has 4 nitrogen and oxygen atoms in total. The van der Waals surface area contributed by atoms with Crippen molar-refractivity contribution >= 4 is 23.1 Å². The first-order chi connectivity index (χ1) is 9.15. The highest BCUT2D eigenvalue weighted by molar-refractivity contribution is 7.80. The van der Waals surface area contributed by atoms with Crippen LogP contribution >= 0.6 is 12.2 Å². The van der Waals surface area contributed by atoms with Crippen LogP contribution in [-0.2, 0) is 11.2 Å². The lowest BCUT2D eigenvalue weighted by Crippen LogP contribution is -2.50. The molecule has 0 unspecified atom stereocenters. The molecule has 1 saturated carbocycles. The Morgan fingerprint density at radius 2 is 2.16 bits per heavy atom. The zero-order valence-corrected chi connectivity index (χ0v) is 11.8. The average Bonchev–Trinajstić information content (AvgIpc) is 2.92. The summed E-state index contributed by atoms with van der Waals surface area (Å²) >= 11 is 5.13. The number of nitrogens with two attached hydrogens (primary N) is 1. The highest BCUT2D eigenvalue weighted by Gasteiger charge is 2.42. The summed E-state index contributed by atoms with van der Waals surface area (Å²) < 4.78 is 5.23. The Morgan fingerprint density at radius 3 is 2.74 bits per heavy atom. The molecule has 0 radical (unpaired) electrons. The van der Waals surface area contributed by atoms with E-state index in [-0.39, 0.29) is 5.91 Å². The summed E-state index contributed by atoms with van der Waals surface area (Å²) in [6.07, 6.45) is 7.06. The van der Waals surface area contributed by atoms with Crippen molar-refractivity contribution in [2.45, 2.75) is 38.5 Å². The van der Waals surface area contributed by atoms with E-state index >= 15 is 0 Å². The van der Waals surface area contributed by atoms with Gasteiger partial charge < -0.3 is 15.5 Å². The van der Waals surface area contributed by atoms with Crippen molar-refractivity contribution in [2.24, 2.45) is 11.1 Å². The molecule has 0 atom stereocenters. The quantitative estimate of drug-likeness (QED) is 0.811. The van der Waals surface area contributed by atoms with Gasteiger partial charge in [0.15, 0.2) is 0 Å². The molecule has 0 spiro atoms. The molecule has 1 amide bonds. The van der Waals surface area contributed by atoms with E-state index in [0.717, 1.165) is 37.9 Å². The normalized spacial score (nSPS) is 17.9. The van der Waals surface area contributed by atoms with Gasteiger partial charge in [-0.05, 0) is 25.0 Å². The minimum absolute atomic E-state index is 0.0220. The van der Waals surface area contributed by atoms with Gasteiger partial charge in [-0.1, -0.05) is 31.5 Å². The van der Waals surface area contributed by atoms with E-state index in [9.17, 15) is 4.79 Å². The maximum Gasteiger partial charge on any atom is 0.233 e. The molecule has 19 heavy (non-hydrogen) atoms. The highest BCUT2D eigenvalue weighted by Crippen LogP contribution is 2.36. The number of nitrogens with one attached hydrogen (secondary N) is 1. The molecule has 1 aliphatic carbocycles. The van der Waals surface area contributed by atoms with Gasteiger partial charge >= 0.3 is 0 Å². The molecule has 1 aliphatic rings. The van der Waals surface area contributed by atoms with Crippen LogP contribution in [0.2, 0.25) is 0 Å². The Balaban J connectivity index is 1.91. The number of carbonyl (C=O) groups is 1. The Morgan fingerprint density at radius 1 is 1.42 bits per heavy atom. The van der Waals surface area contributed by atoms with Crippen molar-refractivity contribution < 1.29 is 9.21 Å². The third-order valence-corrected chi connectivity index (χ3v) is 4.24. The SMILES string of the molecule is NC(=S)C1(C(=O)NCCc2ccco2)CCCCC1. The standard InChI is InChI=1S/C14H20N2O2S/c15-12(19)14(7-2-1-3-8-14)13(17)16-9-6-11-5-4-10-18-11/h4-5,10H,1-3,6-9H2,(H2,15,19)(H,16,17). The number of furan rings is 1. The molecular formula is C14H20N2O2S. The highest BCUT2D eigenvalue weighted by atomic mass is 32.1. The molecule has 0 aliphatic heterocycles. The minimum Gasteiger partial charge on any atom is -0.469 e. The third-order valence-electron chi connectivity index (χ3n) is 3.85. The monoisotopic (exact) mass is 280 g/mol. The van der Waals surface area contributed by atoms with Gasteiger partial charge in [-0.3, -0.25) is 4.79 Å². The average molecular weight is 280 g/mol. The van der Waals surface area contributed by atoms with Crippen molar-refractivity contribution in [3.8, 4) is 0 Å². The Kier molecular flexibility index (Phi) is 4.58. The van der Waals surface area contributed by atoms with E-state index in [0.29, 0.717) is 18.0 Å². The van der Waals surface area contributed by atoms with Crippen LogP contribution < -0.4 is 11.1 Å². The third kappa shape index (κ3) is 3.15. The van der Waals surface area contributed by atoms with Crippen LogP contribution in [0.5, 0.6) is 0 Å². The minimum atomic E-state index is -0.628. The first kappa shape index (κ1) is 14.1. The fraction of sp³-hybridized carbons (Fsp3) is 0.571. The number of hydrogen-bond acceptors (Lipinski definition) is 3. The fourth-order valence-corrected chi connectivity index (χ4v) is 2.96. The molecule has 0 saturated heterocycles. The predicted molar refractivity (Wildman–Crippen MR) is 77.7 cm³/mol. The molecule has 5 heteroatoms. The lowest BCUT2D eigenvalue weighted by Gasteiger charge is -2.34. The number of carbonyl (C=O) groups excluding carboxylic acids is 1. The van der Waals surface area contributed by atoms with Crippen LogP contribution in [0.3, 0.4) is 0 Å². The first-order valence-corrected chi connectivity index (χ1v) is 7.16. The number of thiocarbonyl (C=S) groups is 1. The van der Waals surface area contributed by atoms with Gasteiger partial charge in [-0.25, -0.2) is 0 Å². The van der Waals surface area contributed by atoms with Crippen LogP contribution in [0.25, 0.3) is 0 Å². The van der Waals surface area contributed by atoms with Gasteiger partial charge in [0, 0.05) is 13.0 Å². The van der Waals surface area contributed by atoms with Crippen LogP contribution in [0.1, 0.15) is 37.9 Å². The molecule has 2 rings (SSSR count). The first-order valence-electron chi connectivity index (χ1n) is 6.76. The second-order valence-corrected chi connectivity index (χ2v) is 5.53. The van der Waals surface area contributed by atoms with E-state index in [1.54, 1.807) is 6.26 Å². The van der Waals surface area contributed by atoms with E-state index in [1.807, 2.05) is 12.1 Å². The lowest BCUT2D eigenvalue weighted by atomic mass is 9.73. The van der Waals surface area contributed by atoms with E-state index in [4.69, 9.17) is 22.4 Å². The molecule has 1 aromatic heterocycles. The van der Waals surface area contributed by atoms with Crippen LogP contribution in [-0.4, -0.2) is 17.4 Å². The molecule has 0 aromatic carbocycles. The van der Waals surface area contributed by atoms with Gasteiger partial charge in [0.2, 0.25) is 5.91 Å². The summed E-state index contributed by atoms with van der Waals surface area (Å²) in [5.41, 5.74) is 5.19. The van der Waals surface area contributed by atoms with Crippen LogP contribution in [0, 0.1) is 5.41 Å². The molecule has 1 aromatic rings. The molecule has 3 N–H and O–H groups in total. The second kappa shape index (κ2) is 6.19. The van der Waals surface area contributed by atoms with Crippen molar-refractivity contribution in [1.82, 2.24) is 5.32 Å². The summed E-state index contributed by atoms with van der Waals surface area (Å²) in [6, 6.07) is 3.74. The van der Waals surface area contributed by atoms with Gasteiger partial charge in [0.1, 0.15) is 5.76 Å². The molecule has 1 heterocycles. The van der Waals surface area contributed by atoms with E-state index in [1.165, 1.54) is 0 Å². The largest absolute Gasteiger partial charge is 0.469 e. The van der Waals surface area contributed by atoms with Gasteiger partial charge in [0.05, 0.1) is 16.7 Å². The van der Waals surface area contributed by atoms with E-state index < -0.39 is 5.41 Å². The number of amides is 1.